The molecule has 150 valence electrons. The Morgan fingerprint density at radius 3 is 2.11 bits per heavy atom. The molecule has 1 N–H and O–H groups in total. The van der Waals surface area contributed by atoms with Crippen molar-refractivity contribution < 1.29 is 23.9 Å². The highest BCUT2D eigenvalue weighted by atomic mass is 35.5. The molecule has 0 aromatic heterocycles. The number of hydrogen-bond donors (Lipinski definition) is 1. The zero-order chi connectivity index (χ0) is 20.3. The molecule has 1 rings (SSSR count). The van der Waals surface area contributed by atoms with Crippen LogP contribution in [0, 0.1) is 5.41 Å². The summed E-state index contributed by atoms with van der Waals surface area (Å²) in [6.07, 6.45) is 1.70. The second-order valence-corrected chi connectivity index (χ2v) is 6.56. The molecule has 7 heteroatoms. The standard InChI is InChI=1S/C20H28ClNO5/c1-4-7-13-20(18(24)26-5-2,19(25)27-6-3)14-12-17(23)22-16-11-9-8-10-15(16)21/h8-11H,4-7,12-14H2,1-3H3,(H,22,23). The van der Waals surface area contributed by atoms with Crippen molar-refractivity contribution in [3.05, 3.63) is 29.3 Å². The molecular formula is C20H28ClNO5. The van der Waals surface area contributed by atoms with E-state index in [2.05, 4.69) is 5.32 Å². The van der Waals surface area contributed by atoms with Crippen molar-refractivity contribution in [2.75, 3.05) is 18.5 Å². The maximum absolute atomic E-state index is 12.6. The van der Waals surface area contributed by atoms with Crippen LogP contribution < -0.4 is 5.32 Å². The first-order valence-corrected chi connectivity index (χ1v) is 9.67. The molecule has 0 aliphatic heterocycles. The van der Waals surface area contributed by atoms with Crippen LogP contribution in [0.2, 0.25) is 5.02 Å². The van der Waals surface area contributed by atoms with Crippen LogP contribution in [0.25, 0.3) is 0 Å². The van der Waals surface area contributed by atoms with E-state index in [4.69, 9.17) is 21.1 Å². The highest BCUT2D eigenvalue weighted by molar-refractivity contribution is 6.33. The summed E-state index contributed by atoms with van der Waals surface area (Å²) in [4.78, 5) is 37.6. The second-order valence-electron chi connectivity index (χ2n) is 6.15. The van der Waals surface area contributed by atoms with Gasteiger partial charge in [0, 0.05) is 6.42 Å². The predicted octanol–water partition coefficient (Wildman–Crippen LogP) is 4.36. The first kappa shape index (κ1) is 23.0. The Bertz CT molecular complexity index is 629. The van der Waals surface area contributed by atoms with Crippen molar-refractivity contribution in [2.45, 2.75) is 52.9 Å². The largest absolute Gasteiger partial charge is 0.465 e. The van der Waals surface area contributed by atoms with Gasteiger partial charge in [-0.05, 0) is 38.8 Å². The van der Waals surface area contributed by atoms with Gasteiger partial charge in [-0.2, -0.15) is 0 Å². The number of halogens is 1. The molecule has 0 atom stereocenters. The zero-order valence-electron chi connectivity index (χ0n) is 16.2. The number of anilines is 1. The number of ether oxygens (including phenoxy) is 2. The van der Waals surface area contributed by atoms with Gasteiger partial charge >= 0.3 is 11.9 Å². The Morgan fingerprint density at radius 2 is 1.59 bits per heavy atom. The van der Waals surface area contributed by atoms with Crippen molar-refractivity contribution >= 4 is 35.1 Å². The molecule has 0 spiro atoms. The van der Waals surface area contributed by atoms with E-state index in [0.29, 0.717) is 17.1 Å². The van der Waals surface area contributed by atoms with Gasteiger partial charge in [0.25, 0.3) is 0 Å². The number of para-hydroxylation sites is 1. The van der Waals surface area contributed by atoms with Gasteiger partial charge in [0.15, 0.2) is 5.41 Å². The Labute approximate surface area is 165 Å². The smallest absolute Gasteiger partial charge is 0.323 e. The van der Waals surface area contributed by atoms with E-state index < -0.39 is 17.4 Å². The number of unbranched alkanes of at least 4 members (excludes halogenated alkanes) is 1. The average molecular weight is 398 g/mol. The van der Waals surface area contributed by atoms with Crippen LogP contribution in [0.5, 0.6) is 0 Å². The molecule has 27 heavy (non-hydrogen) atoms. The minimum Gasteiger partial charge on any atom is -0.465 e. The van der Waals surface area contributed by atoms with Crippen LogP contribution in [0.3, 0.4) is 0 Å². The lowest BCUT2D eigenvalue weighted by molar-refractivity contribution is -0.173. The predicted molar refractivity (Wildman–Crippen MR) is 105 cm³/mol. The number of esters is 2. The highest BCUT2D eigenvalue weighted by Gasteiger charge is 2.48. The molecule has 0 saturated carbocycles. The molecular weight excluding hydrogens is 370 g/mol. The normalized spacial score (nSPS) is 11.0. The summed E-state index contributed by atoms with van der Waals surface area (Å²) in [7, 11) is 0. The third-order valence-corrected chi connectivity index (χ3v) is 4.55. The maximum Gasteiger partial charge on any atom is 0.323 e. The summed E-state index contributed by atoms with van der Waals surface area (Å²) in [6, 6.07) is 6.86. The SMILES string of the molecule is CCCCC(CCC(=O)Nc1ccccc1Cl)(C(=O)OCC)C(=O)OCC. The van der Waals surface area contributed by atoms with Crippen molar-refractivity contribution in [3.63, 3.8) is 0 Å². The van der Waals surface area contributed by atoms with Gasteiger partial charge in [-0.15, -0.1) is 0 Å². The van der Waals surface area contributed by atoms with Crippen LogP contribution in [-0.2, 0) is 23.9 Å². The van der Waals surface area contributed by atoms with Crippen molar-refractivity contribution in [2.24, 2.45) is 5.41 Å². The molecule has 0 heterocycles. The summed E-state index contributed by atoms with van der Waals surface area (Å²) in [5.74, 6) is -1.61. The molecule has 0 aliphatic carbocycles. The Balaban J connectivity index is 2.96. The van der Waals surface area contributed by atoms with Gasteiger partial charge in [0.05, 0.1) is 23.9 Å². The van der Waals surface area contributed by atoms with E-state index in [0.717, 1.165) is 6.42 Å². The lowest BCUT2D eigenvalue weighted by Crippen LogP contribution is -2.43. The third kappa shape index (κ3) is 6.54. The topological polar surface area (TPSA) is 81.7 Å². The van der Waals surface area contributed by atoms with E-state index in [1.807, 2.05) is 6.92 Å². The minimum absolute atomic E-state index is 0.0148. The van der Waals surface area contributed by atoms with Gasteiger partial charge in [-0.3, -0.25) is 14.4 Å². The Kier molecular flexibility index (Phi) is 9.86. The quantitative estimate of drug-likeness (QED) is 0.443. The van der Waals surface area contributed by atoms with E-state index >= 15 is 0 Å². The van der Waals surface area contributed by atoms with Gasteiger partial charge in [0.2, 0.25) is 5.91 Å². The summed E-state index contributed by atoms with van der Waals surface area (Å²) >= 11 is 6.05. The molecule has 0 saturated heterocycles. The molecule has 0 fully saturated rings. The van der Waals surface area contributed by atoms with Crippen molar-refractivity contribution in [1.82, 2.24) is 0 Å². The molecule has 1 aromatic rings. The van der Waals surface area contributed by atoms with Crippen LogP contribution in [-0.4, -0.2) is 31.1 Å². The van der Waals surface area contributed by atoms with E-state index in [1.54, 1.807) is 38.1 Å². The number of carbonyl (C=O) groups is 3. The highest BCUT2D eigenvalue weighted by Crippen LogP contribution is 2.34. The fourth-order valence-electron chi connectivity index (χ4n) is 2.74. The van der Waals surface area contributed by atoms with Crippen molar-refractivity contribution in [3.8, 4) is 0 Å². The number of rotatable bonds is 11. The van der Waals surface area contributed by atoms with Crippen LogP contribution in [0.15, 0.2) is 24.3 Å². The van der Waals surface area contributed by atoms with Gasteiger partial charge in [-0.25, -0.2) is 0 Å². The summed E-state index contributed by atoms with van der Waals surface area (Å²) < 4.78 is 10.3. The first-order chi connectivity index (χ1) is 12.9. The molecule has 1 amide bonds. The zero-order valence-corrected chi connectivity index (χ0v) is 16.9. The Morgan fingerprint density at radius 1 is 1.00 bits per heavy atom. The number of nitrogens with one attached hydrogen (secondary N) is 1. The molecule has 0 radical (unpaired) electrons. The summed E-state index contributed by atoms with van der Waals surface area (Å²) in [5, 5.41) is 3.12. The average Bonchev–Trinajstić information content (AvgIpc) is 2.64. The molecule has 6 nitrogen and oxygen atoms in total. The van der Waals surface area contributed by atoms with Crippen molar-refractivity contribution in [1.29, 1.82) is 0 Å². The lowest BCUT2D eigenvalue weighted by Gasteiger charge is -2.29. The number of benzene rings is 1. The first-order valence-electron chi connectivity index (χ1n) is 9.30. The van der Waals surface area contributed by atoms with Crippen LogP contribution in [0.1, 0.15) is 52.9 Å². The molecule has 0 unspecified atom stereocenters. The lowest BCUT2D eigenvalue weighted by atomic mass is 9.78. The molecule has 0 aliphatic rings. The molecule has 1 aromatic carbocycles. The Hall–Kier alpha value is -2.08. The second kappa shape index (κ2) is 11.6. The summed E-state index contributed by atoms with van der Waals surface area (Å²) in [6.45, 7) is 5.62. The van der Waals surface area contributed by atoms with Gasteiger partial charge in [-0.1, -0.05) is 43.5 Å². The monoisotopic (exact) mass is 397 g/mol. The van der Waals surface area contributed by atoms with Gasteiger partial charge < -0.3 is 14.8 Å². The van der Waals surface area contributed by atoms with E-state index in [1.165, 1.54) is 0 Å². The minimum atomic E-state index is -1.47. The fourth-order valence-corrected chi connectivity index (χ4v) is 2.92. The third-order valence-electron chi connectivity index (χ3n) is 4.22. The van der Waals surface area contributed by atoms with E-state index in [9.17, 15) is 14.4 Å². The summed E-state index contributed by atoms with van der Waals surface area (Å²) in [5.41, 5.74) is -0.990. The fraction of sp³-hybridized carbons (Fsp3) is 0.550. The van der Waals surface area contributed by atoms with Crippen LogP contribution >= 0.6 is 11.6 Å². The number of amides is 1. The maximum atomic E-state index is 12.6. The van der Waals surface area contributed by atoms with E-state index in [-0.39, 0.29) is 38.4 Å². The van der Waals surface area contributed by atoms with Crippen LogP contribution in [0.4, 0.5) is 5.69 Å². The molecule has 0 bridgehead atoms. The number of carbonyl (C=O) groups excluding carboxylic acids is 3. The number of hydrogen-bond acceptors (Lipinski definition) is 5. The van der Waals surface area contributed by atoms with Gasteiger partial charge in [0.1, 0.15) is 0 Å².